The lowest BCUT2D eigenvalue weighted by molar-refractivity contribution is -0.385. The van der Waals surface area contributed by atoms with Crippen molar-refractivity contribution in [2.24, 2.45) is 5.92 Å². The van der Waals surface area contributed by atoms with E-state index in [1.807, 2.05) is 6.92 Å². The maximum Gasteiger partial charge on any atom is 0.272 e. The number of rotatable bonds is 7. The number of nitrogens with one attached hydrogen (secondary N) is 1. The van der Waals surface area contributed by atoms with Crippen LogP contribution in [0.4, 0.5) is 10.1 Å². The first-order valence-electron chi connectivity index (χ1n) is 6.27. The molecule has 20 heavy (non-hydrogen) atoms. The first-order chi connectivity index (χ1) is 9.49. The molecule has 5 nitrogen and oxygen atoms in total. The zero-order valence-corrected chi connectivity index (χ0v) is 12.7. The summed E-state index contributed by atoms with van der Waals surface area (Å²) in [6, 6.07) is 3.01. The maximum absolute atomic E-state index is 13.6. The van der Waals surface area contributed by atoms with Crippen LogP contribution in [0.15, 0.2) is 18.2 Å². The van der Waals surface area contributed by atoms with Gasteiger partial charge in [0.15, 0.2) is 0 Å². The number of carbonyl (C=O) groups excluding carboxylic acids is 1. The fourth-order valence-corrected chi connectivity index (χ4v) is 2.39. The Bertz CT molecular complexity index is 497. The molecule has 0 aromatic heterocycles. The van der Waals surface area contributed by atoms with Crippen LogP contribution < -0.4 is 5.32 Å². The molecule has 1 N–H and O–H groups in total. The van der Waals surface area contributed by atoms with E-state index in [9.17, 15) is 19.3 Å². The van der Waals surface area contributed by atoms with Crippen molar-refractivity contribution < 1.29 is 14.1 Å². The Morgan fingerprint density at radius 3 is 2.75 bits per heavy atom. The second kappa shape index (κ2) is 7.94. The summed E-state index contributed by atoms with van der Waals surface area (Å²) in [6.07, 6.45) is 1.83. The van der Waals surface area contributed by atoms with Gasteiger partial charge in [-0.1, -0.05) is 29.3 Å². The highest BCUT2D eigenvalue weighted by molar-refractivity contribution is 9.09. The SMILES string of the molecule is CCC(CCBr)CNC(=O)c1ccc([N+](=O)[O-])cc1F. The molecule has 0 spiro atoms. The van der Waals surface area contributed by atoms with E-state index in [2.05, 4.69) is 21.2 Å². The van der Waals surface area contributed by atoms with E-state index >= 15 is 0 Å². The van der Waals surface area contributed by atoms with Gasteiger partial charge in [0, 0.05) is 17.9 Å². The molecule has 0 saturated heterocycles. The topological polar surface area (TPSA) is 72.2 Å². The highest BCUT2D eigenvalue weighted by Crippen LogP contribution is 2.17. The summed E-state index contributed by atoms with van der Waals surface area (Å²) >= 11 is 3.34. The molecule has 1 unspecified atom stereocenters. The van der Waals surface area contributed by atoms with Gasteiger partial charge in [-0.25, -0.2) is 4.39 Å². The highest BCUT2D eigenvalue weighted by atomic mass is 79.9. The molecule has 1 aromatic rings. The van der Waals surface area contributed by atoms with E-state index < -0.39 is 16.6 Å². The minimum atomic E-state index is -0.884. The van der Waals surface area contributed by atoms with E-state index in [0.717, 1.165) is 36.4 Å². The van der Waals surface area contributed by atoms with Crippen molar-refractivity contribution in [3.63, 3.8) is 0 Å². The standard InChI is InChI=1S/C13H16BrFN2O3/c1-2-9(5-6-14)8-16-13(18)11-4-3-10(17(19)20)7-12(11)15/h3-4,7,9H,2,5-6,8H2,1H3,(H,16,18). The third kappa shape index (κ3) is 4.56. The molecular formula is C13H16BrFN2O3. The van der Waals surface area contributed by atoms with E-state index in [4.69, 9.17) is 0 Å². The smallest absolute Gasteiger partial charge is 0.272 e. The van der Waals surface area contributed by atoms with Gasteiger partial charge in [-0.3, -0.25) is 14.9 Å². The Morgan fingerprint density at radius 1 is 1.55 bits per heavy atom. The molecule has 0 aliphatic carbocycles. The number of amides is 1. The Balaban J connectivity index is 2.70. The largest absolute Gasteiger partial charge is 0.352 e. The highest BCUT2D eigenvalue weighted by Gasteiger charge is 2.16. The minimum Gasteiger partial charge on any atom is -0.352 e. The van der Waals surface area contributed by atoms with E-state index in [0.29, 0.717) is 12.5 Å². The molecule has 0 heterocycles. The maximum atomic E-state index is 13.6. The molecule has 1 amide bonds. The average molecular weight is 347 g/mol. The van der Waals surface area contributed by atoms with Crippen molar-refractivity contribution in [1.29, 1.82) is 0 Å². The van der Waals surface area contributed by atoms with Crippen LogP contribution in [0.1, 0.15) is 30.1 Å². The molecule has 0 fully saturated rings. The Kier molecular flexibility index (Phi) is 6.57. The van der Waals surface area contributed by atoms with Crippen molar-refractivity contribution in [2.45, 2.75) is 19.8 Å². The van der Waals surface area contributed by atoms with Gasteiger partial charge in [0.1, 0.15) is 5.82 Å². The van der Waals surface area contributed by atoms with Crippen LogP contribution in [-0.4, -0.2) is 22.7 Å². The van der Waals surface area contributed by atoms with Gasteiger partial charge in [-0.2, -0.15) is 0 Å². The van der Waals surface area contributed by atoms with E-state index in [-0.39, 0.29) is 11.3 Å². The lowest BCUT2D eigenvalue weighted by Gasteiger charge is -2.14. The summed E-state index contributed by atoms with van der Waals surface area (Å²) < 4.78 is 13.6. The number of non-ortho nitro benzene ring substituents is 1. The van der Waals surface area contributed by atoms with Gasteiger partial charge in [0.05, 0.1) is 16.6 Å². The van der Waals surface area contributed by atoms with Crippen molar-refractivity contribution in [2.75, 3.05) is 11.9 Å². The fourth-order valence-electron chi connectivity index (χ4n) is 1.74. The Morgan fingerprint density at radius 2 is 2.25 bits per heavy atom. The molecule has 7 heteroatoms. The van der Waals surface area contributed by atoms with Gasteiger partial charge >= 0.3 is 0 Å². The molecule has 1 aromatic carbocycles. The third-order valence-electron chi connectivity index (χ3n) is 3.05. The van der Waals surface area contributed by atoms with Crippen molar-refractivity contribution in [1.82, 2.24) is 5.32 Å². The first kappa shape index (κ1) is 16.6. The average Bonchev–Trinajstić information content (AvgIpc) is 2.42. The summed E-state index contributed by atoms with van der Waals surface area (Å²) in [5.41, 5.74) is -0.547. The van der Waals surface area contributed by atoms with Crippen LogP contribution in [0.3, 0.4) is 0 Å². The zero-order chi connectivity index (χ0) is 15.1. The number of carbonyl (C=O) groups is 1. The van der Waals surface area contributed by atoms with Crippen LogP contribution in [0.5, 0.6) is 0 Å². The zero-order valence-electron chi connectivity index (χ0n) is 11.1. The van der Waals surface area contributed by atoms with Gasteiger partial charge < -0.3 is 5.32 Å². The summed E-state index contributed by atoms with van der Waals surface area (Å²) in [4.78, 5) is 21.6. The monoisotopic (exact) mass is 346 g/mol. The van der Waals surface area contributed by atoms with Crippen molar-refractivity contribution >= 4 is 27.5 Å². The number of hydrogen-bond donors (Lipinski definition) is 1. The molecule has 0 aliphatic rings. The lowest BCUT2D eigenvalue weighted by Crippen LogP contribution is -2.30. The van der Waals surface area contributed by atoms with Gasteiger partial charge in [-0.15, -0.1) is 0 Å². The van der Waals surface area contributed by atoms with Crippen molar-refractivity contribution in [3.8, 4) is 0 Å². The number of benzene rings is 1. The summed E-state index contributed by atoms with van der Waals surface area (Å²) in [5.74, 6) is -1.12. The molecule has 110 valence electrons. The van der Waals surface area contributed by atoms with Gasteiger partial charge in [-0.05, 0) is 18.4 Å². The summed E-state index contributed by atoms with van der Waals surface area (Å²) in [6.45, 7) is 2.48. The van der Waals surface area contributed by atoms with Crippen LogP contribution in [0.2, 0.25) is 0 Å². The predicted molar refractivity (Wildman–Crippen MR) is 77.6 cm³/mol. The minimum absolute atomic E-state index is 0.177. The summed E-state index contributed by atoms with van der Waals surface area (Å²) in [7, 11) is 0. The second-order valence-corrected chi connectivity index (χ2v) is 5.18. The number of alkyl halides is 1. The Hall–Kier alpha value is -1.50. The normalized spacial score (nSPS) is 11.9. The van der Waals surface area contributed by atoms with Gasteiger partial charge in [0.25, 0.3) is 11.6 Å². The number of nitro groups is 1. The first-order valence-corrected chi connectivity index (χ1v) is 7.39. The van der Waals surface area contributed by atoms with Crippen LogP contribution >= 0.6 is 15.9 Å². The number of halogens is 2. The molecule has 0 radical (unpaired) electrons. The second-order valence-electron chi connectivity index (χ2n) is 4.38. The molecular weight excluding hydrogens is 331 g/mol. The number of hydrogen-bond acceptors (Lipinski definition) is 3. The molecule has 0 saturated carbocycles. The van der Waals surface area contributed by atoms with Crippen molar-refractivity contribution in [3.05, 3.63) is 39.7 Å². The third-order valence-corrected chi connectivity index (χ3v) is 3.51. The molecule has 1 atom stereocenters. The fraction of sp³-hybridized carbons (Fsp3) is 0.462. The van der Waals surface area contributed by atoms with Crippen LogP contribution in [-0.2, 0) is 0 Å². The lowest BCUT2D eigenvalue weighted by atomic mass is 10.0. The van der Waals surface area contributed by atoms with E-state index in [1.54, 1.807) is 0 Å². The number of nitrogens with zero attached hydrogens (tertiary/aromatic N) is 1. The predicted octanol–water partition coefficient (Wildman–Crippen LogP) is 3.27. The quantitative estimate of drug-likeness (QED) is 0.467. The van der Waals surface area contributed by atoms with Crippen LogP contribution in [0, 0.1) is 21.8 Å². The van der Waals surface area contributed by atoms with E-state index in [1.165, 1.54) is 0 Å². The Labute approximate surface area is 124 Å². The summed E-state index contributed by atoms with van der Waals surface area (Å²) in [5, 5.41) is 14.0. The molecule has 0 aliphatic heterocycles. The molecule has 0 bridgehead atoms. The number of nitro benzene ring substituents is 1. The molecule has 1 rings (SSSR count). The van der Waals surface area contributed by atoms with Gasteiger partial charge in [0.2, 0.25) is 0 Å². The van der Waals surface area contributed by atoms with Crippen LogP contribution in [0.25, 0.3) is 0 Å².